The summed E-state index contributed by atoms with van der Waals surface area (Å²) in [6.45, 7) is 1.43. The smallest absolute Gasteiger partial charge is 0.417 e. The minimum Gasteiger partial charge on any atom is -0.457 e. The van der Waals surface area contributed by atoms with Crippen LogP contribution in [0.4, 0.5) is 29.5 Å². The van der Waals surface area contributed by atoms with Crippen molar-refractivity contribution >= 4 is 45.8 Å². The lowest BCUT2D eigenvalue weighted by molar-refractivity contribution is -0.137. The Kier molecular flexibility index (Phi) is 8.49. The molecule has 1 fully saturated rings. The number of benzene rings is 3. The normalized spacial score (nSPS) is 13.1. The molecule has 0 saturated carbocycles. The van der Waals surface area contributed by atoms with E-state index < -0.39 is 22.7 Å². The number of rotatable bonds is 5. The van der Waals surface area contributed by atoms with Crippen LogP contribution in [0.1, 0.15) is 36.2 Å². The second-order valence-electron chi connectivity index (χ2n) is 8.97. The molecule has 0 bridgehead atoms. The third kappa shape index (κ3) is 6.63. The summed E-state index contributed by atoms with van der Waals surface area (Å²) in [6.07, 6.45) is -1.16. The maximum Gasteiger partial charge on any atom is 0.417 e. The first kappa shape index (κ1) is 28.7. The van der Waals surface area contributed by atoms with Gasteiger partial charge in [0.25, 0.3) is 5.91 Å². The van der Waals surface area contributed by atoms with Crippen LogP contribution >= 0.6 is 11.6 Å². The van der Waals surface area contributed by atoms with Gasteiger partial charge in [-0.3, -0.25) is 10.1 Å². The Bertz CT molecular complexity index is 1560. The van der Waals surface area contributed by atoms with E-state index >= 15 is 0 Å². The van der Waals surface area contributed by atoms with Crippen LogP contribution < -0.4 is 15.4 Å². The number of pyridine rings is 1. The Labute approximate surface area is 233 Å². The van der Waals surface area contributed by atoms with E-state index in [9.17, 15) is 22.8 Å². The molecule has 0 aliphatic carbocycles. The van der Waals surface area contributed by atoms with Crippen LogP contribution in [0, 0.1) is 0 Å². The summed E-state index contributed by atoms with van der Waals surface area (Å²) in [4.78, 5) is 31.1. The molecule has 0 spiro atoms. The Morgan fingerprint density at radius 2 is 1.60 bits per heavy atom. The van der Waals surface area contributed by atoms with Gasteiger partial charge in [0.1, 0.15) is 17.3 Å². The van der Waals surface area contributed by atoms with Crippen LogP contribution in [0.3, 0.4) is 0 Å². The lowest BCUT2D eigenvalue weighted by atomic mass is 10.1. The van der Waals surface area contributed by atoms with Gasteiger partial charge in [0, 0.05) is 36.6 Å². The Hall–Kier alpha value is -4.31. The molecule has 1 aliphatic heterocycles. The molecule has 4 aromatic rings. The summed E-state index contributed by atoms with van der Waals surface area (Å²) in [5, 5.41) is 6.33. The largest absolute Gasteiger partial charge is 0.457 e. The molecule has 208 valence electrons. The summed E-state index contributed by atoms with van der Waals surface area (Å²) in [5.41, 5.74) is -0.810. The predicted octanol–water partition coefficient (Wildman–Crippen LogP) is 8.22. The van der Waals surface area contributed by atoms with Crippen molar-refractivity contribution in [2.24, 2.45) is 0 Å². The van der Waals surface area contributed by atoms with E-state index in [0.717, 1.165) is 30.4 Å². The van der Waals surface area contributed by atoms with E-state index in [1.165, 1.54) is 12.3 Å². The van der Waals surface area contributed by atoms with Gasteiger partial charge >= 0.3 is 12.2 Å². The topological polar surface area (TPSA) is 83.6 Å². The van der Waals surface area contributed by atoms with Gasteiger partial charge in [0.2, 0.25) is 0 Å². The Morgan fingerprint density at radius 1 is 0.875 bits per heavy atom. The average molecular weight is 571 g/mol. The van der Waals surface area contributed by atoms with Crippen molar-refractivity contribution in [2.45, 2.75) is 26.4 Å². The number of hydrogen-bond acceptors (Lipinski definition) is 4. The molecule has 3 amide bonds. The Morgan fingerprint density at radius 3 is 2.35 bits per heavy atom. The lowest BCUT2D eigenvalue weighted by Gasteiger charge is -2.16. The molecule has 1 aliphatic rings. The van der Waals surface area contributed by atoms with Crippen LogP contribution in [0.2, 0.25) is 5.02 Å². The van der Waals surface area contributed by atoms with Gasteiger partial charge in [-0.25, -0.2) is 9.78 Å². The van der Waals surface area contributed by atoms with Crippen molar-refractivity contribution in [3.05, 3.63) is 89.1 Å². The summed E-state index contributed by atoms with van der Waals surface area (Å²) in [6, 6.07) is 16.5. The molecular formula is C29H26ClF3N4O3. The van der Waals surface area contributed by atoms with Crippen molar-refractivity contribution in [3.63, 3.8) is 0 Å². The molecule has 0 radical (unpaired) electrons. The van der Waals surface area contributed by atoms with Crippen molar-refractivity contribution < 1.29 is 27.5 Å². The van der Waals surface area contributed by atoms with Gasteiger partial charge in [-0.2, -0.15) is 13.2 Å². The second kappa shape index (κ2) is 11.8. The fourth-order valence-corrected chi connectivity index (χ4v) is 4.47. The highest BCUT2D eigenvalue weighted by Gasteiger charge is 2.33. The number of nitrogens with zero attached hydrogens (tertiary/aromatic N) is 2. The molecule has 1 saturated heterocycles. The molecule has 11 heteroatoms. The lowest BCUT2D eigenvalue weighted by Crippen LogP contribution is -2.32. The number of nitrogens with one attached hydrogen (secondary N) is 2. The van der Waals surface area contributed by atoms with E-state index in [2.05, 4.69) is 15.6 Å². The molecule has 0 atom stereocenters. The molecule has 3 aromatic carbocycles. The molecule has 0 unspecified atom stereocenters. The first-order valence-corrected chi connectivity index (χ1v) is 12.5. The number of anilines is 2. The summed E-state index contributed by atoms with van der Waals surface area (Å²) < 4.78 is 45.5. The first-order valence-electron chi connectivity index (χ1n) is 12.1. The van der Waals surface area contributed by atoms with Crippen LogP contribution in [-0.4, -0.2) is 34.9 Å². The third-order valence-electron chi connectivity index (χ3n) is 6.20. The Balaban J connectivity index is 0.00000370. The molecule has 2 heterocycles. The van der Waals surface area contributed by atoms with E-state index in [4.69, 9.17) is 16.3 Å². The molecule has 5 rings (SSSR count). The third-order valence-corrected chi connectivity index (χ3v) is 6.53. The number of carbonyl (C=O) groups is 2. The zero-order chi connectivity index (χ0) is 27.6. The predicted molar refractivity (Wildman–Crippen MR) is 149 cm³/mol. The second-order valence-corrected chi connectivity index (χ2v) is 9.38. The van der Waals surface area contributed by atoms with Crippen LogP contribution in [-0.2, 0) is 6.18 Å². The number of carbonyl (C=O) groups excluding carboxylic acids is 2. The van der Waals surface area contributed by atoms with Crippen LogP contribution in [0.5, 0.6) is 11.5 Å². The number of likely N-dealkylation sites (tertiary alicyclic amines) is 1. The van der Waals surface area contributed by atoms with Gasteiger partial charge in [-0.15, -0.1) is 0 Å². The minimum atomic E-state index is -4.65. The maximum atomic E-state index is 13.2. The SMILES string of the molecule is C.O=C(Nc1ccc(Cl)c(C(F)(F)F)c1)c1ccc2ccc(Oc3ccnc(NC(=O)N4CCCC4)c3)cc2c1. The van der Waals surface area contributed by atoms with Crippen molar-refractivity contribution in [2.75, 3.05) is 23.7 Å². The van der Waals surface area contributed by atoms with Gasteiger partial charge in [0.15, 0.2) is 0 Å². The van der Waals surface area contributed by atoms with Gasteiger partial charge in [-0.05, 0) is 72.1 Å². The highest BCUT2D eigenvalue weighted by Crippen LogP contribution is 2.36. The monoisotopic (exact) mass is 570 g/mol. The van der Waals surface area contributed by atoms with Crippen molar-refractivity contribution in [3.8, 4) is 11.5 Å². The number of urea groups is 1. The van der Waals surface area contributed by atoms with E-state index in [1.807, 2.05) is 6.07 Å². The van der Waals surface area contributed by atoms with Gasteiger partial charge in [-0.1, -0.05) is 31.2 Å². The van der Waals surface area contributed by atoms with Crippen molar-refractivity contribution in [1.82, 2.24) is 9.88 Å². The summed E-state index contributed by atoms with van der Waals surface area (Å²) >= 11 is 5.66. The van der Waals surface area contributed by atoms with Crippen LogP contribution in [0.15, 0.2) is 72.9 Å². The van der Waals surface area contributed by atoms with Crippen molar-refractivity contribution in [1.29, 1.82) is 0 Å². The maximum absolute atomic E-state index is 13.2. The highest BCUT2D eigenvalue weighted by atomic mass is 35.5. The van der Waals surface area contributed by atoms with Gasteiger partial charge < -0.3 is 15.0 Å². The van der Waals surface area contributed by atoms with Gasteiger partial charge in [0.05, 0.1) is 10.6 Å². The number of alkyl halides is 3. The molecule has 1 aromatic heterocycles. The standard InChI is InChI=1S/C28H22ClF3N4O3.CH4/c29-24-8-6-20(15-23(24)28(30,31)32)34-26(37)18-4-3-17-5-7-21(14-19(17)13-18)39-22-9-10-33-25(16-22)35-27(38)36-11-1-2-12-36;/h3-10,13-16H,1-2,11-12H2,(H,34,37)(H,33,35,38);1H4. The number of ether oxygens (including phenoxy) is 1. The number of aromatic nitrogens is 1. The summed E-state index contributed by atoms with van der Waals surface area (Å²) in [5.74, 6) is 0.722. The van der Waals surface area contributed by atoms with E-state index in [1.54, 1.807) is 47.4 Å². The number of halogens is 4. The van der Waals surface area contributed by atoms with Crippen LogP contribution in [0.25, 0.3) is 10.8 Å². The highest BCUT2D eigenvalue weighted by molar-refractivity contribution is 6.31. The minimum absolute atomic E-state index is 0. The van der Waals surface area contributed by atoms with E-state index in [0.29, 0.717) is 35.8 Å². The molecular weight excluding hydrogens is 545 g/mol. The zero-order valence-electron chi connectivity index (χ0n) is 20.4. The number of amides is 3. The average Bonchev–Trinajstić information content (AvgIpc) is 3.44. The fourth-order valence-electron chi connectivity index (χ4n) is 4.24. The zero-order valence-corrected chi connectivity index (χ0v) is 21.1. The number of hydrogen-bond donors (Lipinski definition) is 2. The molecule has 2 N–H and O–H groups in total. The fraction of sp³-hybridized carbons (Fsp3) is 0.207. The molecule has 40 heavy (non-hydrogen) atoms. The summed E-state index contributed by atoms with van der Waals surface area (Å²) in [7, 11) is 0. The quantitative estimate of drug-likeness (QED) is 0.253. The molecule has 7 nitrogen and oxygen atoms in total. The first-order chi connectivity index (χ1) is 18.7. The number of fused-ring (bicyclic) bond motifs is 1. The van der Waals surface area contributed by atoms with E-state index in [-0.39, 0.29) is 24.7 Å².